The molecule has 2 atom stereocenters. The summed E-state index contributed by atoms with van der Waals surface area (Å²) < 4.78 is 5.60. The van der Waals surface area contributed by atoms with Crippen LogP contribution in [-0.4, -0.2) is 23.2 Å². The summed E-state index contributed by atoms with van der Waals surface area (Å²) in [5, 5.41) is 0.604. The van der Waals surface area contributed by atoms with Crippen molar-refractivity contribution in [3.8, 4) is 0 Å². The van der Waals surface area contributed by atoms with Crippen molar-refractivity contribution in [1.29, 1.82) is 0 Å². The van der Waals surface area contributed by atoms with Crippen LogP contribution >= 0.6 is 11.6 Å². The Morgan fingerprint density at radius 1 is 1.15 bits per heavy atom. The van der Waals surface area contributed by atoms with Crippen LogP contribution in [0.1, 0.15) is 50.2 Å². The zero-order valence-corrected chi connectivity index (χ0v) is 16.2. The predicted molar refractivity (Wildman–Crippen MR) is 106 cm³/mol. The number of benzene rings is 2. The SMILES string of the molecule is CCC[C@]1([C@@H](CC(C)=O)c2ccc(Cl)cc2)N=C(c2ccccc2)OC1=O. The van der Waals surface area contributed by atoms with E-state index in [1.165, 1.54) is 6.92 Å². The lowest BCUT2D eigenvalue weighted by atomic mass is 9.74. The number of ether oxygens (including phenoxy) is 1. The van der Waals surface area contributed by atoms with E-state index in [1.54, 1.807) is 12.1 Å². The molecule has 0 aliphatic carbocycles. The lowest BCUT2D eigenvalue weighted by Crippen LogP contribution is -2.41. The second-order valence-corrected chi connectivity index (χ2v) is 7.29. The second-order valence-electron chi connectivity index (χ2n) is 6.86. The number of halogens is 1. The molecule has 27 heavy (non-hydrogen) atoms. The Morgan fingerprint density at radius 2 is 1.81 bits per heavy atom. The molecule has 0 bridgehead atoms. The van der Waals surface area contributed by atoms with Gasteiger partial charge in [-0.05, 0) is 43.2 Å². The van der Waals surface area contributed by atoms with Crippen molar-refractivity contribution in [2.24, 2.45) is 4.99 Å². The van der Waals surface area contributed by atoms with Crippen LogP contribution in [0, 0.1) is 0 Å². The van der Waals surface area contributed by atoms with Gasteiger partial charge in [0, 0.05) is 22.9 Å². The average Bonchev–Trinajstić information content (AvgIpc) is 2.99. The van der Waals surface area contributed by atoms with E-state index in [-0.39, 0.29) is 12.2 Å². The highest BCUT2D eigenvalue weighted by Crippen LogP contribution is 2.43. The van der Waals surface area contributed by atoms with Gasteiger partial charge >= 0.3 is 5.97 Å². The van der Waals surface area contributed by atoms with Gasteiger partial charge in [0.15, 0.2) is 5.54 Å². The predicted octanol–water partition coefficient (Wildman–Crippen LogP) is 4.95. The standard InChI is InChI=1S/C22H22ClNO3/c1-3-13-22(19(14-15(2)25)16-9-11-18(23)12-10-16)21(26)27-20(24-22)17-7-5-4-6-8-17/h4-12,19H,3,13-14H2,1-2H3/t19-,22+/m0/s1. The molecule has 5 heteroatoms. The van der Waals surface area contributed by atoms with Crippen molar-refractivity contribution in [1.82, 2.24) is 0 Å². The first-order valence-electron chi connectivity index (χ1n) is 9.08. The third kappa shape index (κ3) is 3.96. The number of Topliss-reactive ketones (excluding diaryl/α,β-unsaturated/α-hetero) is 1. The molecule has 0 radical (unpaired) electrons. The van der Waals surface area contributed by atoms with Gasteiger partial charge in [-0.15, -0.1) is 0 Å². The summed E-state index contributed by atoms with van der Waals surface area (Å²) in [6.45, 7) is 3.53. The van der Waals surface area contributed by atoms with Gasteiger partial charge in [-0.25, -0.2) is 9.79 Å². The number of ketones is 1. The molecule has 140 valence electrons. The van der Waals surface area contributed by atoms with Crippen LogP contribution < -0.4 is 0 Å². The van der Waals surface area contributed by atoms with Gasteiger partial charge in [0.05, 0.1) is 0 Å². The molecule has 0 unspecified atom stereocenters. The van der Waals surface area contributed by atoms with E-state index in [0.29, 0.717) is 17.3 Å². The topological polar surface area (TPSA) is 55.7 Å². The Labute approximate surface area is 164 Å². The zero-order chi connectivity index (χ0) is 19.4. The normalized spacial score (nSPS) is 20.1. The Hall–Kier alpha value is -2.46. The van der Waals surface area contributed by atoms with Crippen LogP contribution in [-0.2, 0) is 14.3 Å². The molecule has 1 aliphatic rings. The fourth-order valence-corrected chi connectivity index (χ4v) is 3.73. The Balaban J connectivity index is 2.11. The molecule has 4 nitrogen and oxygen atoms in total. The summed E-state index contributed by atoms with van der Waals surface area (Å²) in [6, 6.07) is 16.6. The van der Waals surface area contributed by atoms with Crippen LogP contribution in [0.5, 0.6) is 0 Å². The molecule has 3 rings (SSSR count). The zero-order valence-electron chi connectivity index (χ0n) is 15.4. The van der Waals surface area contributed by atoms with Crippen molar-refractivity contribution >= 4 is 29.3 Å². The molecular formula is C22H22ClNO3. The molecule has 0 N–H and O–H groups in total. The number of hydrogen-bond donors (Lipinski definition) is 0. The minimum absolute atomic E-state index is 0.00147. The van der Waals surface area contributed by atoms with Crippen molar-refractivity contribution < 1.29 is 14.3 Å². The highest BCUT2D eigenvalue weighted by atomic mass is 35.5. The Bertz CT molecular complexity index is 861. The number of esters is 1. The van der Waals surface area contributed by atoms with Crippen molar-refractivity contribution in [2.75, 3.05) is 0 Å². The lowest BCUT2D eigenvalue weighted by molar-refractivity contribution is -0.140. The minimum atomic E-state index is -1.11. The largest absolute Gasteiger partial charge is 0.405 e. The summed E-state index contributed by atoms with van der Waals surface area (Å²) in [7, 11) is 0. The maximum absolute atomic E-state index is 13.1. The maximum Gasteiger partial charge on any atom is 0.341 e. The minimum Gasteiger partial charge on any atom is -0.405 e. The fourth-order valence-electron chi connectivity index (χ4n) is 3.61. The number of cyclic esters (lactones) is 1. The highest BCUT2D eigenvalue weighted by Gasteiger charge is 2.52. The number of nitrogens with zero attached hydrogens (tertiary/aromatic N) is 1. The van der Waals surface area contributed by atoms with Crippen LogP contribution in [0.4, 0.5) is 0 Å². The number of hydrogen-bond acceptors (Lipinski definition) is 4. The molecule has 0 saturated carbocycles. The maximum atomic E-state index is 13.1. The van der Waals surface area contributed by atoms with Gasteiger partial charge in [-0.2, -0.15) is 0 Å². The Kier molecular flexibility index (Phi) is 5.76. The highest BCUT2D eigenvalue weighted by molar-refractivity contribution is 6.30. The first-order valence-corrected chi connectivity index (χ1v) is 9.46. The smallest absolute Gasteiger partial charge is 0.341 e. The molecule has 0 aromatic heterocycles. The number of carbonyl (C=O) groups is 2. The number of carbonyl (C=O) groups excluding carboxylic acids is 2. The molecule has 0 saturated heterocycles. The third-order valence-electron chi connectivity index (χ3n) is 4.84. The molecule has 0 spiro atoms. The first kappa shape index (κ1) is 19.3. The van der Waals surface area contributed by atoms with Crippen molar-refractivity contribution in [3.63, 3.8) is 0 Å². The van der Waals surface area contributed by atoms with E-state index in [4.69, 9.17) is 21.3 Å². The van der Waals surface area contributed by atoms with Gasteiger partial charge in [-0.3, -0.25) is 0 Å². The summed E-state index contributed by atoms with van der Waals surface area (Å²) in [5.74, 6) is -0.483. The Morgan fingerprint density at radius 3 is 2.41 bits per heavy atom. The van der Waals surface area contributed by atoms with Gasteiger partial charge < -0.3 is 9.53 Å². The number of aliphatic imine (C=N–C) groups is 1. The molecule has 0 fully saturated rings. The monoisotopic (exact) mass is 383 g/mol. The summed E-state index contributed by atoms with van der Waals surface area (Å²) >= 11 is 6.02. The van der Waals surface area contributed by atoms with E-state index in [2.05, 4.69) is 0 Å². The van der Waals surface area contributed by atoms with Gasteiger partial charge in [-0.1, -0.05) is 55.3 Å². The van der Waals surface area contributed by atoms with E-state index in [1.807, 2.05) is 49.4 Å². The summed E-state index contributed by atoms with van der Waals surface area (Å²) in [5.41, 5.74) is 0.499. The van der Waals surface area contributed by atoms with Crippen molar-refractivity contribution in [3.05, 3.63) is 70.7 Å². The lowest BCUT2D eigenvalue weighted by Gasteiger charge is -2.31. The molecule has 1 heterocycles. The molecule has 2 aromatic carbocycles. The molecule has 0 amide bonds. The molecule has 1 aliphatic heterocycles. The van der Waals surface area contributed by atoms with Crippen LogP contribution in [0.2, 0.25) is 5.02 Å². The van der Waals surface area contributed by atoms with E-state index in [0.717, 1.165) is 17.5 Å². The van der Waals surface area contributed by atoms with Gasteiger partial charge in [0.2, 0.25) is 5.90 Å². The van der Waals surface area contributed by atoms with Crippen LogP contribution in [0.25, 0.3) is 0 Å². The molecular weight excluding hydrogens is 362 g/mol. The third-order valence-corrected chi connectivity index (χ3v) is 5.09. The quantitative estimate of drug-likeness (QED) is 0.636. The van der Waals surface area contributed by atoms with Gasteiger partial charge in [0.1, 0.15) is 5.78 Å². The molecule has 2 aromatic rings. The van der Waals surface area contributed by atoms with E-state index >= 15 is 0 Å². The summed E-state index contributed by atoms with van der Waals surface area (Å²) in [6.07, 6.45) is 1.45. The second kappa shape index (κ2) is 8.05. The summed E-state index contributed by atoms with van der Waals surface area (Å²) in [4.78, 5) is 29.9. The first-order chi connectivity index (χ1) is 13.0. The van der Waals surface area contributed by atoms with E-state index in [9.17, 15) is 9.59 Å². The number of rotatable bonds is 7. The van der Waals surface area contributed by atoms with Crippen molar-refractivity contribution in [2.45, 2.75) is 44.6 Å². The van der Waals surface area contributed by atoms with E-state index < -0.39 is 17.4 Å². The van der Waals surface area contributed by atoms with Gasteiger partial charge in [0.25, 0.3) is 0 Å². The van der Waals surface area contributed by atoms with Crippen LogP contribution in [0.15, 0.2) is 59.6 Å². The average molecular weight is 384 g/mol. The van der Waals surface area contributed by atoms with Crippen LogP contribution in [0.3, 0.4) is 0 Å². The fraction of sp³-hybridized carbons (Fsp3) is 0.318.